The summed E-state index contributed by atoms with van der Waals surface area (Å²) >= 11 is 0. The number of hydrogen-bond acceptors (Lipinski definition) is 6. The first kappa shape index (κ1) is 21.1. The lowest BCUT2D eigenvalue weighted by Gasteiger charge is -2.38. The second-order valence-electron chi connectivity index (χ2n) is 8.66. The van der Waals surface area contributed by atoms with Crippen molar-refractivity contribution < 1.29 is 24.3 Å². The molecule has 10 nitrogen and oxygen atoms in total. The minimum absolute atomic E-state index is 0.0367. The van der Waals surface area contributed by atoms with Gasteiger partial charge in [-0.05, 0) is 41.8 Å². The summed E-state index contributed by atoms with van der Waals surface area (Å²) in [5.74, 6) is -0.926. The molecule has 33 heavy (non-hydrogen) atoms. The van der Waals surface area contributed by atoms with E-state index in [1.807, 2.05) is 24.3 Å². The largest absolute Gasteiger partial charge is 0.465 e. The molecule has 1 atom stereocenters. The Hall–Kier alpha value is -3.79. The fourth-order valence-corrected chi connectivity index (χ4v) is 4.69. The molecule has 2 aromatic rings. The van der Waals surface area contributed by atoms with Gasteiger partial charge in [0.25, 0.3) is 5.91 Å². The van der Waals surface area contributed by atoms with Gasteiger partial charge in [-0.15, -0.1) is 0 Å². The van der Waals surface area contributed by atoms with Gasteiger partial charge < -0.3 is 15.3 Å². The SMILES string of the molecule is O=C(O)NC1CN(Cc2ccnc(-c3ccc4c(c3)CN(C3CCC(=O)NC3=O)C4=O)c2)C1. The van der Waals surface area contributed by atoms with Crippen molar-refractivity contribution in [3.63, 3.8) is 0 Å². The van der Waals surface area contributed by atoms with E-state index in [2.05, 4.69) is 20.5 Å². The van der Waals surface area contributed by atoms with Crippen LogP contribution < -0.4 is 10.6 Å². The lowest BCUT2D eigenvalue weighted by Crippen LogP contribution is -2.58. The molecule has 3 aliphatic rings. The average Bonchev–Trinajstić information content (AvgIpc) is 3.08. The lowest BCUT2D eigenvalue weighted by molar-refractivity contribution is -0.136. The number of carboxylic acid groups (broad SMARTS) is 1. The zero-order valence-corrected chi connectivity index (χ0v) is 17.8. The van der Waals surface area contributed by atoms with Gasteiger partial charge in [-0.1, -0.05) is 6.07 Å². The molecule has 1 unspecified atom stereocenters. The highest BCUT2D eigenvalue weighted by molar-refractivity contribution is 6.05. The summed E-state index contributed by atoms with van der Waals surface area (Å²) in [6.45, 7) is 2.35. The predicted octanol–water partition coefficient (Wildman–Crippen LogP) is 0.961. The number of hydrogen-bond donors (Lipinski definition) is 3. The molecule has 10 heteroatoms. The summed E-state index contributed by atoms with van der Waals surface area (Å²) in [7, 11) is 0. The molecule has 3 N–H and O–H groups in total. The van der Waals surface area contributed by atoms with Crippen LogP contribution in [0, 0.1) is 0 Å². The van der Waals surface area contributed by atoms with Crippen LogP contribution in [-0.4, -0.2) is 68.9 Å². The number of benzene rings is 1. The van der Waals surface area contributed by atoms with E-state index in [0.29, 0.717) is 38.2 Å². The summed E-state index contributed by atoms with van der Waals surface area (Å²) < 4.78 is 0. The molecule has 0 aliphatic carbocycles. The highest BCUT2D eigenvalue weighted by atomic mass is 16.4. The van der Waals surface area contributed by atoms with Crippen molar-refractivity contribution in [1.82, 2.24) is 25.4 Å². The summed E-state index contributed by atoms with van der Waals surface area (Å²) in [4.78, 5) is 55.4. The van der Waals surface area contributed by atoms with Crippen molar-refractivity contribution >= 4 is 23.8 Å². The van der Waals surface area contributed by atoms with Crippen molar-refractivity contribution in [3.05, 3.63) is 53.2 Å². The first-order chi connectivity index (χ1) is 15.9. The average molecular weight is 449 g/mol. The smallest absolute Gasteiger partial charge is 0.404 e. The number of amides is 4. The molecule has 4 amide bonds. The lowest BCUT2D eigenvalue weighted by atomic mass is 10.0. The number of carbonyl (C=O) groups excluding carboxylic acids is 3. The van der Waals surface area contributed by atoms with Crippen LogP contribution in [0.25, 0.3) is 11.3 Å². The number of fused-ring (bicyclic) bond motifs is 1. The second-order valence-corrected chi connectivity index (χ2v) is 8.66. The summed E-state index contributed by atoms with van der Waals surface area (Å²) in [6.07, 6.45) is 1.30. The van der Waals surface area contributed by atoms with E-state index < -0.39 is 18.0 Å². The Morgan fingerprint density at radius 2 is 2.00 bits per heavy atom. The maximum absolute atomic E-state index is 12.9. The summed E-state index contributed by atoms with van der Waals surface area (Å²) in [6, 6.07) is 8.81. The Kier molecular flexibility index (Phi) is 5.29. The maximum atomic E-state index is 12.9. The van der Waals surface area contributed by atoms with Gasteiger partial charge >= 0.3 is 6.09 Å². The van der Waals surface area contributed by atoms with Gasteiger partial charge in [0.1, 0.15) is 6.04 Å². The Morgan fingerprint density at radius 1 is 1.18 bits per heavy atom. The van der Waals surface area contributed by atoms with Crippen LogP contribution in [0.5, 0.6) is 0 Å². The molecule has 1 aromatic carbocycles. The van der Waals surface area contributed by atoms with E-state index in [0.717, 1.165) is 22.4 Å². The van der Waals surface area contributed by atoms with E-state index >= 15 is 0 Å². The standard InChI is InChI=1S/C23H23N5O5/c29-20-4-3-19(21(30)26-20)28-10-15-8-14(1-2-17(15)22(28)31)18-7-13(5-6-24-18)9-27-11-16(12-27)25-23(32)33/h1-2,5-8,16,19,25H,3-4,9-12H2,(H,32,33)(H,26,29,30). The fraction of sp³-hybridized carbons (Fsp3) is 0.348. The van der Waals surface area contributed by atoms with Crippen LogP contribution in [0.2, 0.25) is 0 Å². The highest BCUT2D eigenvalue weighted by Gasteiger charge is 2.39. The minimum Gasteiger partial charge on any atom is -0.465 e. The van der Waals surface area contributed by atoms with Crippen molar-refractivity contribution in [2.75, 3.05) is 13.1 Å². The number of nitrogens with zero attached hydrogens (tertiary/aromatic N) is 3. The zero-order valence-electron chi connectivity index (χ0n) is 17.8. The Balaban J connectivity index is 1.29. The van der Waals surface area contributed by atoms with E-state index in [1.54, 1.807) is 12.3 Å². The van der Waals surface area contributed by atoms with Gasteiger partial charge in [-0.3, -0.25) is 29.6 Å². The Morgan fingerprint density at radius 3 is 2.76 bits per heavy atom. The third-order valence-corrected chi connectivity index (χ3v) is 6.33. The quantitative estimate of drug-likeness (QED) is 0.579. The molecular weight excluding hydrogens is 426 g/mol. The topological polar surface area (TPSA) is 132 Å². The van der Waals surface area contributed by atoms with Crippen LogP contribution in [-0.2, 0) is 22.7 Å². The van der Waals surface area contributed by atoms with E-state index in [1.165, 1.54) is 4.90 Å². The maximum Gasteiger partial charge on any atom is 0.404 e. The molecule has 4 heterocycles. The van der Waals surface area contributed by atoms with Crippen molar-refractivity contribution in [3.8, 4) is 11.3 Å². The van der Waals surface area contributed by atoms with Gasteiger partial charge in [0.05, 0.1) is 11.7 Å². The molecule has 3 aliphatic heterocycles. The predicted molar refractivity (Wildman–Crippen MR) is 116 cm³/mol. The molecular formula is C23H23N5O5. The highest BCUT2D eigenvalue weighted by Crippen LogP contribution is 2.31. The van der Waals surface area contributed by atoms with Crippen LogP contribution in [0.4, 0.5) is 4.79 Å². The molecule has 2 saturated heterocycles. The number of nitrogens with one attached hydrogen (secondary N) is 2. The monoisotopic (exact) mass is 449 g/mol. The zero-order chi connectivity index (χ0) is 23.1. The van der Waals surface area contributed by atoms with Gasteiger partial charge in [0.2, 0.25) is 11.8 Å². The van der Waals surface area contributed by atoms with Crippen molar-refractivity contribution in [2.24, 2.45) is 0 Å². The van der Waals surface area contributed by atoms with Crippen LogP contribution >= 0.6 is 0 Å². The molecule has 0 spiro atoms. The van der Waals surface area contributed by atoms with E-state index in [9.17, 15) is 19.2 Å². The Bertz CT molecular complexity index is 1160. The number of carbonyl (C=O) groups is 4. The van der Waals surface area contributed by atoms with Crippen molar-refractivity contribution in [1.29, 1.82) is 0 Å². The van der Waals surface area contributed by atoms with Crippen LogP contribution in [0.15, 0.2) is 36.5 Å². The molecule has 170 valence electrons. The van der Waals surface area contributed by atoms with Crippen molar-refractivity contribution in [2.45, 2.75) is 38.0 Å². The fourth-order valence-electron chi connectivity index (χ4n) is 4.69. The van der Waals surface area contributed by atoms with E-state index in [4.69, 9.17) is 5.11 Å². The molecule has 0 bridgehead atoms. The van der Waals surface area contributed by atoms with Crippen LogP contribution in [0.1, 0.15) is 34.3 Å². The Labute approximate surface area is 189 Å². The number of imide groups is 1. The first-order valence-corrected chi connectivity index (χ1v) is 10.8. The normalized spacial score (nSPS) is 20.9. The summed E-state index contributed by atoms with van der Waals surface area (Å²) in [5.41, 5.74) is 4.12. The molecule has 0 radical (unpaired) electrons. The third-order valence-electron chi connectivity index (χ3n) is 6.33. The van der Waals surface area contributed by atoms with Crippen LogP contribution in [0.3, 0.4) is 0 Å². The number of likely N-dealkylation sites (tertiary alicyclic amines) is 1. The molecule has 1 aromatic heterocycles. The number of aromatic nitrogens is 1. The molecule has 0 saturated carbocycles. The van der Waals surface area contributed by atoms with Gasteiger partial charge in [0.15, 0.2) is 0 Å². The minimum atomic E-state index is -1.00. The van der Waals surface area contributed by atoms with Gasteiger partial charge in [-0.2, -0.15) is 0 Å². The number of rotatable bonds is 5. The third kappa shape index (κ3) is 4.17. The van der Waals surface area contributed by atoms with Gasteiger partial charge in [0, 0.05) is 49.9 Å². The number of piperidine rings is 1. The van der Waals surface area contributed by atoms with Gasteiger partial charge in [-0.25, -0.2) is 4.79 Å². The summed E-state index contributed by atoms with van der Waals surface area (Å²) in [5, 5.41) is 13.6. The first-order valence-electron chi connectivity index (χ1n) is 10.8. The van der Waals surface area contributed by atoms with E-state index in [-0.39, 0.29) is 24.3 Å². The second kappa shape index (κ2) is 8.28. The molecule has 5 rings (SSSR count). The molecule has 2 fully saturated rings. The number of pyridine rings is 1.